The molecule has 0 nitrogen and oxygen atoms in total. The lowest BCUT2D eigenvalue weighted by Crippen LogP contribution is -1.94. The first kappa shape index (κ1) is 9.74. The van der Waals surface area contributed by atoms with Gasteiger partial charge in [0.2, 0.25) is 0 Å². The van der Waals surface area contributed by atoms with Crippen LogP contribution in [0.5, 0.6) is 0 Å². The van der Waals surface area contributed by atoms with Gasteiger partial charge in [-0.25, -0.2) is 0 Å². The van der Waals surface area contributed by atoms with Gasteiger partial charge >= 0.3 is 0 Å². The molecular formula is C10H19. The summed E-state index contributed by atoms with van der Waals surface area (Å²) in [6.07, 6.45) is 8.25. The Kier molecular flexibility index (Phi) is 6.68. The predicted octanol–water partition coefficient (Wildman–Crippen LogP) is 3.58. The molecule has 0 saturated carbocycles. The monoisotopic (exact) mass is 139 g/mol. The molecule has 0 aromatic heterocycles. The van der Waals surface area contributed by atoms with Crippen molar-refractivity contribution in [2.75, 3.05) is 0 Å². The summed E-state index contributed by atoms with van der Waals surface area (Å²) >= 11 is 0. The van der Waals surface area contributed by atoms with Gasteiger partial charge in [-0.15, -0.1) is 0 Å². The van der Waals surface area contributed by atoms with Crippen LogP contribution < -0.4 is 0 Å². The standard InChI is InChI=1S/C10H19/c1-4-7-9-10(6-3)8-5-2/h3,6,10H,4-5,7-9H2,1-2H3. The Labute approximate surface area is 65.3 Å². The molecule has 1 radical (unpaired) electrons. The zero-order valence-electron chi connectivity index (χ0n) is 7.27. The van der Waals surface area contributed by atoms with Crippen molar-refractivity contribution < 1.29 is 0 Å². The number of hydrogen-bond acceptors (Lipinski definition) is 0. The first-order chi connectivity index (χ1) is 4.85. The number of unbranched alkanes of at least 4 members (excludes halogenated alkanes) is 1. The Hall–Kier alpha value is -0.260. The third-order valence-electron chi connectivity index (χ3n) is 1.86. The number of hydrogen-bond donors (Lipinski definition) is 0. The molecule has 0 rings (SSSR count). The van der Waals surface area contributed by atoms with Crippen molar-refractivity contribution in [2.24, 2.45) is 5.92 Å². The molecule has 1 unspecified atom stereocenters. The number of allylic oxidation sites excluding steroid dienone is 1. The van der Waals surface area contributed by atoms with Gasteiger partial charge in [-0.3, -0.25) is 0 Å². The molecule has 1 atom stereocenters. The zero-order valence-corrected chi connectivity index (χ0v) is 7.27. The molecule has 0 heterocycles. The zero-order chi connectivity index (χ0) is 7.82. The van der Waals surface area contributed by atoms with Gasteiger partial charge in [0.05, 0.1) is 0 Å². The Morgan fingerprint density at radius 1 is 1.20 bits per heavy atom. The van der Waals surface area contributed by atoms with Gasteiger partial charge in [-0.2, -0.15) is 0 Å². The van der Waals surface area contributed by atoms with Gasteiger partial charge in [0.15, 0.2) is 0 Å². The van der Waals surface area contributed by atoms with E-state index in [0.717, 1.165) is 0 Å². The van der Waals surface area contributed by atoms with Crippen molar-refractivity contribution in [1.82, 2.24) is 0 Å². The van der Waals surface area contributed by atoms with Crippen LogP contribution in [0.2, 0.25) is 0 Å². The van der Waals surface area contributed by atoms with Crippen molar-refractivity contribution in [2.45, 2.75) is 46.0 Å². The maximum atomic E-state index is 5.47. The maximum Gasteiger partial charge on any atom is -0.0230 e. The summed E-state index contributed by atoms with van der Waals surface area (Å²) in [7, 11) is 0. The fourth-order valence-electron chi connectivity index (χ4n) is 1.17. The molecule has 0 spiro atoms. The van der Waals surface area contributed by atoms with Crippen LogP contribution in [0.1, 0.15) is 46.0 Å². The average molecular weight is 139 g/mol. The Bertz CT molecular complexity index is 74.1. The van der Waals surface area contributed by atoms with Gasteiger partial charge in [-0.1, -0.05) is 45.8 Å². The second kappa shape index (κ2) is 6.85. The van der Waals surface area contributed by atoms with E-state index in [-0.39, 0.29) is 0 Å². The third-order valence-corrected chi connectivity index (χ3v) is 1.86. The topological polar surface area (TPSA) is 0 Å². The first-order valence-electron chi connectivity index (χ1n) is 4.40. The van der Waals surface area contributed by atoms with E-state index in [2.05, 4.69) is 13.8 Å². The van der Waals surface area contributed by atoms with Crippen LogP contribution in [0.15, 0.2) is 6.08 Å². The molecule has 59 valence electrons. The average Bonchev–Trinajstić information content (AvgIpc) is 1.98. The van der Waals surface area contributed by atoms with Crippen LogP contribution in [0.25, 0.3) is 0 Å². The summed E-state index contributed by atoms with van der Waals surface area (Å²) in [5.74, 6) is 0.671. The van der Waals surface area contributed by atoms with Gasteiger partial charge in [-0.05, 0) is 18.8 Å². The quantitative estimate of drug-likeness (QED) is 0.527. The summed E-state index contributed by atoms with van der Waals surface area (Å²) < 4.78 is 0. The lowest BCUT2D eigenvalue weighted by atomic mass is 9.98. The highest BCUT2D eigenvalue weighted by atomic mass is 14.1. The fourth-order valence-corrected chi connectivity index (χ4v) is 1.17. The van der Waals surface area contributed by atoms with Crippen LogP contribution in [0, 0.1) is 12.5 Å². The summed E-state index contributed by atoms with van der Waals surface area (Å²) in [6, 6.07) is 0. The minimum atomic E-state index is 0.671. The van der Waals surface area contributed by atoms with E-state index in [9.17, 15) is 0 Å². The highest BCUT2D eigenvalue weighted by Gasteiger charge is 2.00. The van der Waals surface area contributed by atoms with Crippen molar-refractivity contribution in [3.05, 3.63) is 12.7 Å². The summed E-state index contributed by atoms with van der Waals surface area (Å²) in [4.78, 5) is 0. The molecule has 0 aliphatic carbocycles. The minimum Gasteiger partial charge on any atom is -0.0814 e. The molecule has 10 heavy (non-hydrogen) atoms. The lowest BCUT2D eigenvalue weighted by Gasteiger charge is -2.08. The molecular weight excluding hydrogens is 120 g/mol. The molecule has 0 aromatic carbocycles. The smallest absolute Gasteiger partial charge is 0.0230 e. The van der Waals surface area contributed by atoms with E-state index in [1.54, 1.807) is 0 Å². The second-order valence-corrected chi connectivity index (χ2v) is 2.88. The lowest BCUT2D eigenvalue weighted by molar-refractivity contribution is 0.512. The van der Waals surface area contributed by atoms with Crippen LogP contribution in [0.3, 0.4) is 0 Å². The van der Waals surface area contributed by atoms with E-state index in [4.69, 9.17) is 6.58 Å². The third kappa shape index (κ3) is 4.60. The Morgan fingerprint density at radius 2 is 1.90 bits per heavy atom. The van der Waals surface area contributed by atoms with E-state index in [0.29, 0.717) is 5.92 Å². The Morgan fingerprint density at radius 3 is 2.30 bits per heavy atom. The molecule has 0 aliphatic rings. The molecule has 0 amide bonds. The molecule has 0 aromatic rings. The summed E-state index contributed by atoms with van der Waals surface area (Å²) in [6.45, 7) is 9.91. The van der Waals surface area contributed by atoms with Crippen molar-refractivity contribution in [3.8, 4) is 0 Å². The summed E-state index contributed by atoms with van der Waals surface area (Å²) in [5.41, 5.74) is 0. The largest absolute Gasteiger partial charge is 0.0814 e. The predicted molar refractivity (Wildman–Crippen MR) is 46.8 cm³/mol. The van der Waals surface area contributed by atoms with Gasteiger partial charge in [0.25, 0.3) is 0 Å². The molecule has 0 fully saturated rings. The van der Waals surface area contributed by atoms with Crippen LogP contribution in [-0.4, -0.2) is 0 Å². The van der Waals surface area contributed by atoms with Gasteiger partial charge < -0.3 is 0 Å². The van der Waals surface area contributed by atoms with Gasteiger partial charge in [0.1, 0.15) is 0 Å². The molecule has 0 N–H and O–H groups in total. The van der Waals surface area contributed by atoms with E-state index in [1.807, 2.05) is 6.08 Å². The van der Waals surface area contributed by atoms with E-state index in [1.165, 1.54) is 32.1 Å². The van der Waals surface area contributed by atoms with Crippen LogP contribution in [0.4, 0.5) is 0 Å². The maximum absolute atomic E-state index is 5.47. The van der Waals surface area contributed by atoms with E-state index < -0.39 is 0 Å². The fraction of sp³-hybridized carbons (Fsp3) is 0.800. The van der Waals surface area contributed by atoms with Crippen molar-refractivity contribution in [1.29, 1.82) is 0 Å². The molecule has 0 bridgehead atoms. The number of rotatable bonds is 6. The summed E-state index contributed by atoms with van der Waals surface area (Å²) in [5, 5.41) is 0. The second-order valence-electron chi connectivity index (χ2n) is 2.88. The van der Waals surface area contributed by atoms with Gasteiger partial charge in [0, 0.05) is 0 Å². The minimum absolute atomic E-state index is 0.671. The van der Waals surface area contributed by atoms with Crippen molar-refractivity contribution in [3.63, 3.8) is 0 Å². The molecule has 0 aliphatic heterocycles. The molecule has 0 heteroatoms. The van der Waals surface area contributed by atoms with Crippen LogP contribution in [-0.2, 0) is 0 Å². The van der Waals surface area contributed by atoms with E-state index >= 15 is 0 Å². The van der Waals surface area contributed by atoms with Crippen LogP contribution >= 0.6 is 0 Å². The first-order valence-corrected chi connectivity index (χ1v) is 4.40. The normalized spacial score (nSPS) is 13.0. The Balaban J connectivity index is 3.29. The SMILES string of the molecule is [CH]=CC(CCC)CCCC. The van der Waals surface area contributed by atoms with Crippen molar-refractivity contribution >= 4 is 0 Å². The highest BCUT2D eigenvalue weighted by Crippen LogP contribution is 2.14. The molecule has 0 saturated heterocycles. The highest BCUT2D eigenvalue weighted by molar-refractivity contribution is 4.75.